The van der Waals surface area contributed by atoms with E-state index in [4.69, 9.17) is 4.74 Å². The zero-order chi connectivity index (χ0) is 15.4. The molecule has 2 aromatic rings. The van der Waals surface area contributed by atoms with Crippen molar-refractivity contribution in [2.75, 3.05) is 13.7 Å². The van der Waals surface area contributed by atoms with Gasteiger partial charge in [0.05, 0.1) is 12.6 Å². The number of nitrogens with zero attached hydrogens (tertiary/aromatic N) is 1. The molecule has 2 N–H and O–H groups in total. The zero-order valence-electron chi connectivity index (χ0n) is 12.0. The first-order valence-electron chi connectivity index (χ1n) is 6.72. The third kappa shape index (κ3) is 2.90. The minimum absolute atomic E-state index is 0.0877. The van der Waals surface area contributed by atoms with E-state index < -0.39 is 11.2 Å². The predicted octanol–water partition coefficient (Wildman–Crippen LogP) is 1.51. The molecule has 0 aliphatic heterocycles. The van der Waals surface area contributed by atoms with Crippen LogP contribution in [0.1, 0.15) is 19.4 Å². The highest BCUT2D eigenvalue weighted by molar-refractivity contribution is 5.67. The standard InChI is InChI=1S/C15H18N2O4/c1-3-11(9-21-2)17-14(19)12(13(18)16-15(17)20)10-7-5-4-6-8-10/h4-8,11,19H,3,9H2,1-2H3,(H,16,18,20). The van der Waals surface area contributed by atoms with E-state index >= 15 is 0 Å². The second kappa shape index (κ2) is 6.41. The molecule has 0 aliphatic rings. The molecular weight excluding hydrogens is 272 g/mol. The van der Waals surface area contributed by atoms with E-state index in [0.717, 1.165) is 0 Å². The van der Waals surface area contributed by atoms with Crippen LogP contribution in [0.25, 0.3) is 11.1 Å². The predicted molar refractivity (Wildman–Crippen MR) is 79.6 cm³/mol. The van der Waals surface area contributed by atoms with Crippen LogP contribution in [-0.2, 0) is 4.74 Å². The van der Waals surface area contributed by atoms with Crippen molar-refractivity contribution in [2.45, 2.75) is 19.4 Å². The number of benzene rings is 1. The van der Waals surface area contributed by atoms with E-state index in [1.165, 1.54) is 11.7 Å². The molecule has 0 spiro atoms. The summed E-state index contributed by atoms with van der Waals surface area (Å²) in [6.45, 7) is 2.15. The maximum Gasteiger partial charge on any atom is 0.331 e. The molecule has 1 heterocycles. The van der Waals surface area contributed by atoms with Crippen LogP contribution in [0.4, 0.5) is 0 Å². The number of rotatable bonds is 5. The Morgan fingerprint density at radius 2 is 1.95 bits per heavy atom. The van der Waals surface area contributed by atoms with Gasteiger partial charge in [-0.15, -0.1) is 0 Å². The summed E-state index contributed by atoms with van der Waals surface area (Å²) >= 11 is 0. The summed E-state index contributed by atoms with van der Waals surface area (Å²) in [6, 6.07) is 8.39. The van der Waals surface area contributed by atoms with Crippen molar-refractivity contribution >= 4 is 0 Å². The molecule has 1 atom stereocenters. The topological polar surface area (TPSA) is 84.3 Å². The fraction of sp³-hybridized carbons (Fsp3) is 0.333. The van der Waals surface area contributed by atoms with Crippen LogP contribution in [0, 0.1) is 0 Å². The molecule has 21 heavy (non-hydrogen) atoms. The van der Waals surface area contributed by atoms with Gasteiger partial charge in [-0.25, -0.2) is 4.79 Å². The highest BCUT2D eigenvalue weighted by Gasteiger charge is 2.20. The van der Waals surface area contributed by atoms with Gasteiger partial charge in [0, 0.05) is 7.11 Å². The molecule has 6 nitrogen and oxygen atoms in total. The molecule has 0 aliphatic carbocycles. The van der Waals surface area contributed by atoms with Gasteiger partial charge in [0.25, 0.3) is 5.56 Å². The lowest BCUT2D eigenvalue weighted by atomic mass is 10.1. The van der Waals surface area contributed by atoms with Gasteiger partial charge in [0.15, 0.2) is 0 Å². The number of aromatic hydroxyl groups is 1. The number of hydrogen-bond acceptors (Lipinski definition) is 4. The Bertz CT molecular complexity index is 719. The molecule has 112 valence electrons. The number of nitrogens with one attached hydrogen (secondary N) is 1. The molecule has 0 fully saturated rings. The van der Waals surface area contributed by atoms with Crippen molar-refractivity contribution in [1.29, 1.82) is 0 Å². The molecule has 0 amide bonds. The Balaban J connectivity index is 2.69. The van der Waals surface area contributed by atoms with E-state index in [-0.39, 0.29) is 24.1 Å². The van der Waals surface area contributed by atoms with Crippen LogP contribution in [0.15, 0.2) is 39.9 Å². The van der Waals surface area contributed by atoms with E-state index in [1.807, 2.05) is 13.0 Å². The minimum Gasteiger partial charge on any atom is -0.494 e. The van der Waals surface area contributed by atoms with E-state index in [0.29, 0.717) is 12.0 Å². The lowest BCUT2D eigenvalue weighted by Gasteiger charge is -2.19. The minimum atomic E-state index is -0.638. The van der Waals surface area contributed by atoms with Crippen molar-refractivity contribution in [3.63, 3.8) is 0 Å². The lowest BCUT2D eigenvalue weighted by Crippen LogP contribution is -2.34. The average molecular weight is 290 g/mol. The Morgan fingerprint density at radius 3 is 2.52 bits per heavy atom. The molecule has 1 unspecified atom stereocenters. The van der Waals surface area contributed by atoms with Gasteiger partial charge in [-0.1, -0.05) is 37.3 Å². The Hall–Kier alpha value is -2.34. The van der Waals surface area contributed by atoms with Crippen molar-refractivity contribution in [2.24, 2.45) is 0 Å². The number of aromatic nitrogens is 2. The quantitative estimate of drug-likeness (QED) is 0.874. The molecule has 0 saturated carbocycles. The fourth-order valence-electron chi connectivity index (χ4n) is 2.31. The first-order valence-corrected chi connectivity index (χ1v) is 6.72. The molecule has 0 radical (unpaired) electrons. The number of hydrogen-bond donors (Lipinski definition) is 2. The second-order valence-electron chi connectivity index (χ2n) is 4.71. The summed E-state index contributed by atoms with van der Waals surface area (Å²) in [5.41, 5.74) is -0.602. The van der Waals surface area contributed by atoms with Crippen LogP contribution >= 0.6 is 0 Å². The molecule has 0 bridgehead atoms. The van der Waals surface area contributed by atoms with Crippen molar-refractivity contribution in [1.82, 2.24) is 9.55 Å². The maximum atomic E-state index is 12.0. The summed E-state index contributed by atoms with van der Waals surface area (Å²) in [5, 5.41) is 10.4. The third-order valence-corrected chi connectivity index (χ3v) is 3.38. The van der Waals surface area contributed by atoms with Gasteiger partial charge in [-0.3, -0.25) is 14.3 Å². The van der Waals surface area contributed by atoms with Crippen LogP contribution in [0.2, 0.25) is 0 Å². The molecular formula is C15H18N2O4. The first-order chi connectivity index (χ1) is 10.1. The van der Waals surface area contributed by atoms with E-state index in [9.17, 15) is 14.7 Å². The van der Waals surface area contributed by atoms with E-state index in [1.54, 1.807) is 24.3 Å². The third-order valence-electron chi connectivity index (χ3n) is 3.38. The van der Waals surface area contributed by atoms with Crippen LogP contribution in [0.5, 0.6) is 5.88 Å². The van der Waals surface area contributed by atoms with Gasteiger partial charge in [0.1, 0.15) is 5.56 Å². The van der Waals surface area contributed by atoms with Gasteiger partial charge < -0.3 is 9.84 Å². The number of methoxy groups -OCH3 is 1. The lowest BCUT2D eigenvalue weighted by molar-refractivity contribution is 0.145. The normalized spacial score (nSPS) is 12.3. The average Bonchev–Trinajstić information content (AvgIpc) is 2.47. The van der Waals surface area contributed by atoms with E-state index in [2.05, 4.69) is 4.98 Å². The first kappa shape index (κ1) is 15.1. The summed E-state index contributed by atoms with van der Waals surface area (Å²) < 4.78 is 6.25. The van der Waals surface area contributed by atoms with Gasteiger partial charge in [-0.2, -0.15) is 0 Å². The summed E-state index contributed by atoms with van der Waals surface area (Å²) in [7, 11) is 1.52. The zero-order valence-corrected chi connectivity index (χ0v) is 12.0. The SMILES string of the molecule is CCC(COC)n1c(O)c(-c2ccccc2)c(=O)[nH]c1=O. The molecule has 1 aromatic heterocycles. The van der Waals surface area contributed by atoms with Crippen molar-refractivity contribution in [3.05, 3.63) is 51.2 Å². The number of ether oxygens (including phenoxy) is 1. The highest BCUT2D eigenvalue weighted by atomic mass is 16.5. The molecule has 1 aromatic carbocycles. The van der Waals surface area contributed by atoms with Gasteiger partial charge in [-0.05, 0) is 12.0 Å². The summed E-state index contributed by atoms with van der Waals surface area (Å²) in [4.78, 5) is 26.3. The Morgan fingerprint density at radius 1 is 1.29 bits per heavy atom. The van der Waals surface area contributed by atoms with Crippen molar-refractivity contribution in [3.8, 4) is 17.0 Å². The highest BCUT2D eigenvalue weighted by Crippen LogP contribution is 2.26. The Kier molecular flexibility index (Phi) is 4.59. The monoisotopic (exact) mass is 290 g/mol. The van der Waals surface area contributed by atoms with Gasteiger partial charge >= 0.3 is 5.69 Å². The maximum absolute atomic E-state index is 12.0. The van der Waals surface area contributed by atoms with Crippen molar-refractivity contribution < 1.29 is 9.84 Å². The summed E-state index contributed by atoms with van der Waals surface area (Å²) in [5.74, 6) is -0.334. The number of aromatic amines is 1. The van der Waals surface area contributed by atoms with Crippen LogP contribution in [-0.4, -0.2) is 28.4 Å². The van der Waals surface area contributed by atoms with Gasteiger partial charge in [0.2, 0.25) is 5.88 Å². The Labute approximate surface area is 121 Å². The van der Waals surface area contributed by atoms with Crippen LogP contribution < -0.4 is 11.2 Å². The second-order valence-corrected chi connectivity index (χ2v) is 4.71. The molecule has 0 saturated heterocycles. The summed E-state index contributed by atoms with van der Waals surface area (Å²) in [6.07, 6.45) is 0.585. The van der Waals surface area contributed by atoms with Crippen LogP contribution in [0.3, 0.4) is 0 Å². The fourth-order valence-corrected chi connectivity index (χ4v) is 2.31. The largest absolute Gasteiger partial charge is 0.494 e. The molecule has 6 heteroatoms. The molecule has 2 rings (SSSR count). The smallest absolute Gasteiger partial charge is 0.331 e. The number of H-pyrrole nitrogens is 1.